The number of hydrogen-bond donors (Lipinski definition) is 1. The molecule has 0 aromatic heterocycles. The predicted octanol–water partition coefficient (Wildman–Crippen LogP) is 4.43. The molecule has 0 aliphatic carbocycles. The van der Waals surface area contributed by atoms with Gasteiger partial charge in [0.1, 0.15) is 5.75 Å². The number of carbonyl (C=O) groups excluding carboxylic acids is 2. The van der Waals surface area contributed by atoms with Crippen LogP contribution in [0.4, 0.5) is 10.5 Å². The summed E-state index contributed by atoms with van der Waals surface area (Å²) >= 11 is 6.67. The molecule has 138 valence electrons. The Morgan fingerprint density at radius 3 is 2.59 bits per heavy atom. The zero-order valence-electron chi connectivity index (χ0n) is 14.1. The minimum Gasteiger partial charge on any atom is -0.479 e. The van der Waals surface area contributed by atoms with Crippen LogP contribution in [-0.4, -0.2) is 28.3 Å². The molecule has 1 saturated heterocycles. The molecule has 6 nitrogen and oxygen atoms in total. The Morgan fingerprint density at radius 2 is 1.93 bits per heavy atom. The van der Waals surface area contributed by atoms with E-state index in [1.165, 1.54) is 6.92 Å². The third-order valence-electron chi connectivity index (χ3n) is 3.70. The number of imide groups is 1. The quantitative estimate of drug-likeness (QED) is 0.743. The van der Waals surface area contributed by atoms with Crippen molar-refractivity contribution in [3.8, 4) is 5.75 Å². The summed E-state index contributed by atoms with van der Waals surface area (Å²) in [6, 6.07) is 13.1. The molecule has 1 aliphatic heterocycles. The van der Waals surface area contributed by atoms with Crippen molar-refractivity contribution < 1.29 is 24.2 Å². The van der Waals surface area contributed by atoms with Crippen LogP contribution in [0.5, 0.6) is 5.75 Å². The third kappa shape index (κ3) is 4.32. The molecule has 2 aromatic rings. The zero-order chi connectivity index (χ0) is 19.6. The maximum absolute atomic E-state index is 12.6. The summed E-state index contributed by atoms with van der Waals surface area (Å²) < 4.78 is 5.32. The number of nitrogens with zero attached hydrogens (tertiary/aromatic N) is 1. The lowest BCUT2D eigenvalue weighted by atomic mass is 10.2. The molecule has 27 heavy (non-hydrogen) atoms. The average molecular weight is 404 g/mol. The lowest BCUT2D eigenvalue weighted by Crippen LogP contribution is -2.27. The second-order valence-electron chi connectivity index (χ2n) is 5.66. The van der Waals surface area contributed by atoms with Gasteiger partial charge in [0.15, 0.2) is 6.10 Å². The lowest BCUT2D eigenvalue weighted by Gasteiger charge is -2.12. The van der Waals surface area contributed by atoms with E-state index >= 15 is 0 Å². The number of halogens is 1. The fraction of sp³-hybridized carbons (Fsp3) is 0.105. The molecule has 1 N–H and O–H groups in total. The molecular weight excluding hydrogens is 390 g/mol. The first-order valence-corrected chi connectivity index (χ1v) is 9.07. The monoisotopic (exact) mass is 403 g/mol. The highest BCUT2D eigenvalue weighted by molar-refractivity contribution is 8.19. The number of ether oxygens (including phenoxy) is 1. The van der Waals surface area contributed by atoms with Crippen LogP contribution in [0.1, 0.15) is 12.5 Å². The highest BCUT2D eigenvalue weighted by Gasteiger charge is 2.36. The van der Waals surface area contributed by atoms with Gasteiger partial charge < -0.3 is 9.84 Å². The van der Waals surface area contributed by atoms with Crippen molar-refractivity contribution in [3.63, 3.8) is 0 Å². The molecule has 1 fully saturated rings. The standard InChI is InChI=1S/C19H14ClNO5S/c1-11(18(23)24)26-15-4-2-3-12(9-15)10-16-17(22)21(19(25)27-16)14-7-5-13(20)6-8-14/h2-11H,1H3,(H,23,24)/b16-10+. The Hall–Kier alpha value is -2.77. The first-order valence-electron chi connectivity index (χ1n) is 7.88. The van der Waals surface area contributed by atoms with E-state index in [-0.39, 0.29) is 4.91 Å². The van der Waals surface area contributed by atoms with Crippen molar-refractivity contribution in [1.29, 1.82) is 0 Å². The third-order valence-corrected chi connectivity index (χ3v) is 4.82. The topological polar surface area (TPSA) is 83.9 Å². The number of benzene rings is 2. The zero-order valence-corrected chi connectivity index (χ0v) is 15.7. The minimum atomic E-state index is -1.08. The van der Waals surface area contributed by atoms with Crippen LogP contribution in [0.25, 0.3) is 6.08 Å². The second-order valence-corrected chi connectivity index (χ2v) is 7.09. The molecule has 1 aliphatic rings. The number of amides is 2. The molecule has 1 atom stereocenters. The first-order chi connectivity index (χ1) is 12.8. The molecule has 0 saturated carbocycles. The number of rotatable bonds is 5. The first kappa shape index (κ1) is 19.0. The van der Waals surface area contributed by atoms with E-state index in [9.17, 15) is 14.4 Å². The van der Waals surface area contributed by atoms with Crippen LogP contribution < -0.4 is 9.64 Å². The van der Waals surface area contributed by atoms with E-state index in [1.54, 1.807) is 54.6 Å². The van der Waals surface area contributed by atoms with Gasteiger partial charge in [-0.2, -0.15) is 0 Å². The van der Waals surface area contributed by atoms with Crippen molar-refractivity contribution in [3.05, 3.63) is 64.0 Å². The van der Waals surface area contributed by atoms with Crippen molar-refractivity contribution in [2.45, 2.75) is 13.0 Å². The maximum Gasteiger partial charge on any atom is 0.344 e. The van der Waals surface area contributed by atoms with Gasteiger partial charge >= 0.3 is 5.97 Å². The molecule has 1 unspecified atom stereocenters. The Bertz CT molecular complexity index is 941. The smallest absolute Gasteiger partial charge is 0.344 e. The summed E-state index contributed by atoms with van der Waals surface area (Å²) in [6.07, 6.45) is 0.566. The maximum atomic E-state index is 12.6. The number of anilines is 1. The fourth-order valence-corrected chi connectivity index (χ4v) is 3.33. The number of carbonyl (C=O) groups is 3. The van der Waals surface area contributed by atoms with E-state index < -0.39 is 23.2 Å². The van der Waals surface area contributed by atoms with Crippen LogP contribution in [0.2, 0.25) is 5.02 Å². The highest BCUT2D eigenvalue weighted by Crippen LogP contribution is 2.36. The lowest BCUT2D eigenvalue weighted by molar-refractivity contribution is -0.144. The normalized spacial score (nSPS) is 16.7. The van der Waals surface area contributed by atoms with Crippen molar-refractivity contribution >= 4 is 52.2 Å². The summed E-state index contributed by atoms with van der Waals surface area (Å²) in [5.41, 5.74) is 1.06. The van der Waals surface area contributed by atoms with Gasteiger partial charge in [0.05, 0.1) is 10.6 Å². The van der Waals surface area contributed by atoms with Crippen molar-refractivity contribution in [2.24, 2.45) is 0 Å². The van der Waals surface area contributed by atoms with E-state index in [4.69, 9.17) is 21.4 Å². The van der Waals surface area contributed by atoms with Gasteiger partial charge in [0, 0.05) is 5.02 Å². The number of hydrogen-bond acceptors (Lipinski definition) is 5. The van der Waals surface area contributed by atoms with Crippen LogP contribution in [-0.2, 0) is 9.59 Å². The van der Waals surface area contributed by atoms with Gasteiger partial charge in [-0.15, -0.1) is 0 Å². The summed E-state index contributed by atoms with van der Waals surface area (Å²) in [5.74, 6) is -1.15. The molecule has 1 heterocycles. The average Bonchev–Trinajstić information content (AvgIpc) is 2.90. The van der Waals surface area contributed by atoms with E-state index in [1.807, 2.05) is 0 Å². The van der Waals surface area contributed by atoms with Gasteiger partial charge in [-0.1, -0.05) is 23.7 Å². The summed E-state index contributed by atoms with van der Waals surface area (Å²) in [4.78, 5) is 37.1. The summed E-state index contributed by atoms with van der Waals surface area (Å²) in [5, 5.41) is 9.03. The number of thioether (sulfide) groups is 1. The largest absolute Gasteiger partial charge is 0.479 e. The fourth-order valence-electron chi connectivity index (χ4n) is 2.36. The van der Waals surface area contributed by atoms with Crippen molar-refractivity contribution in [2.75, 3.05) is 4.90 Å². The number of carboxylic acid groups (broad SMARTS) is 1. The van der Waals surface area contributed by atoms with Gasteiger partial charge in [-0.25, -0.2) is 9.69 Å². The molecule has 3 rings (SSSR count). The molecule has 2 amide bonds. The SMILES string of the molecule is CC(Oc1cccc(/C=C2/SC(=O)N(c3ccc(Cl)cc3)C2=O)c1)C(=O)O. The van der Waals surface area contributed by atoms with Gasteiger partial charge in [0.2, 0.25) is 0 Å². The van der Waals surface area contributed by atoms with Crippen LogP contribution >= 0.6 is 23.4 Å². The summed E-state index contributed by atoms with van der Waals surface area (Å²) in [6.45, 7) is 1.42. The Kier molecular flexibility index (Phi) is 5.53. The molecular formula is C19H14ClNO5S. The highest BCUT2D eigenvalue weighted by atomic mass is 35.5. The number of carboxylic acids is 1. The van der Waals surface area contributed by atoms with E-state index in [0.29, 0.717) is 22.0 Å². The van der Waals surface area contributed by atoms with Crippen LogP contribution in [0.3, 0.4) is 0 Å². The Morgan fingerprint density at radius 1 is 1.22 bits per heavy atom. The molecule has 0 bridgehead atoms. The summed E-state index contributed by atoms with van der Waals surface area (Å²) in [7, 11) is 0. The minimum absolute atomic E-state index is 0.262. The number of aliphatic carboxylic acids is 1. The Balaban J connectivity index is 1.83. The van der Waals surface area contributed by atoms with Gasteiger partial charge in [0.25, 0.3) is 11.1 Å². The van der Waals surface area contributed by atoms with Gasteiger partial charge in [-0.05, 0) is 66.7 Å². The van der Waals surface area contributed by atoms with E-state index in [2.05, 4.69) is 0 Å². The molecule has 0 spiro atoms. The molecule has 0 radical (unpaired) electrons. The predicted molar refractivity (Wildman–Crippen MR) is 104 cm³/mol. The Labute approximate surface area is 164 Å². The van der Waals surface area contributed by atoms with Crippen LogP contribution in [0, 0.1) is 0 Å². The second kappa shape index (κ2) is 7.85. The van der Waals surface area contributed by atoms with Gasteiger partial charge in [-0.3, -0.25) is 9.59 Å². The van der Waals surface area contributed by atoms with Crippen LogP contribution in [0.15, 0.2) is 53.4 Å². The molecule has 8 heteroatoms. The molecule has 2 aromatic carbocycles. The van der Waals surface area contributed by atoms with E-state index in [0.717, 1.165) is 16.7 Å². The van der Waals surface area contributed by atoms with Crippen molar-refractivity contribution in [1.82, 2.24) is 0 Å².